The van der Waals surface area contributed by atoms with E-state index in [1.54, 1.807) is 25.7 Å². The second kappa shape index (κ2) is 15.2. The van der Waals surface area contributed by atoms with E-state index in [1.165, 1.54) is 0 Å². The lowest BCUT2D eigenvalue weighted by molar-refractivity contribution is -0.144. The minimum absolute atomic E-state index is 0.112. The molecule has 0 radical (unpaired) electrons. The Kier molecular flexibility index (Phi) is 12.6. The second-order valence-corrected chi connectivity index (χ2v) is 13.4. The molecule has 3 unspecified atom stereocenters. The van der Waals surface area contributed by atoms with Crippen LogP contribution in [0.3, 0.4) is 0 Å². The van der Waals surface area contributed by atoms with Crippen molar-refractivity contribution in [2.45, 2.75) is 119 Å². The molecule has 42 heavy (non-hydrogen) atoms. The van der Waals surface area contributed by atoms with Crippen molar-refractivity contribution in [2.24, 2.45) is 11.8 Å². The molecule has 0 aliphatic heterocycles. The largest absolute Gasteiger partial charge is 0.444 e. The van der Waals surface area contributed by atoms with Gasteiger partial charge < -0.3 is 20.3 Å². The third-order valence-corrected chi connectivity index (χ3v) is 7.33. The Morgan fingerprint density at radius 2 is 1.38 bits per heavy atom. The molecule has 0 aliphatic rings. The fourth-order valence-electron chi connectivity index (χ4n) is 5.20. The third-order valence-electron chi connectivity index (χ3n) is 7.33. The predicted molar refractivity (Wildman–Crippen MR) is 171 cm³/mol. The van der Waals surface area contributed by atoms with Crippen LogP contribution < -0.4 is 10.6 Å². The molecule has 0 aromatic heterocycles. The number of hydrogen-bond acceptors (Lipinski definition) is 4. The molecule has 232 valence electrons. The van der Waals surface area contributed by atoms with Gasteiger partial charge >= 0.3 is 6.09 Å². The molecule has 3 amide bonds. The van der Waals surface area contributed by atoms with Crippen LogP contribution in [0.5, 0.6) is 0 Å². The van der Waals surface area contributed by atoms with Gasteiger partial charge in [-0.25, -0.2) is 4.79 Å². The van der Waals surface area contributed by atoms with E-state index >= 15 is 0 Å². The van der Waals surface area contributed by atoms with Gasteiger partial charge in [0.1, 0.15) is 17.7 Å². The SMILES string of the molecule is Cc1ccccc1NC(=O)C(c1c(C)cccc1C)N(C(=O)C(CC(C)C)NC(=O)OC(C)(C)C)C(C)CCC(C)C. The van der Waals surface area contributed by atoms with E-state index in [0.717, 1.165) is 28.7 Å². The number of aryl methyl sites for hydroxylation is 3. The number of carbonyl (C=O) groups is 3. The van der Waals surface area contributed by atoms with E-state index < -0.39 is 23.8 Å². The summed E-state index contributed by atoms with van der Waals surface area (Å²) >= 11 is 0. The minimum Gasteiger partial charge on any atom is -0.444 e. The molecular weight excluding hydrogens is 526 g/mol. The number of ether oxygens (including phenoxy) is 1. The highest BCUT2D eigenvalue weighted by atomic mass is 16.6. The molecular formula is C35H53N3O4. The van der Waals surface area contributed by atoms with E-state index in [1.807, 2.05) is 84.0 Å². The van der Waals surface area contributed by atoms with Crippen LogP contribution in [0.4, 0.5) is 10.5 Å². The van der Waals surface area contributed by atoms with E-state index in [0.29, 0.717) is 24.4 Å². The monoisotopic (exact) mass is 579 g/mol. The third kappa shape index (κ3) is 10.2. The summed E-state index contributed by atoms with van der Waals surface area (Å²) < 4.78 is 5.54. The number of rotatable bonds is 12. The molecule has 2 rings (SSSR count). The second-order valence-electron chi connectivity index (χ2n) is 13.4. The number of anilines is 1. The number of hydrogen-bond donors (Lipinski definition) is 2. The molecule has 7 nitrogen and oxygen atoms in total. The van der Waals surface area contributed by atoms with E-state index in [9.17, 15) is 14.4 Å². The molecule has 0 bridgehead atoms. The van der Waals surface area contributed by atoms with Crippen LogP contribution in [0.2, 0.25) is 0 Å². The van der Waals surface area contributed by atoms with E-state index in [4.69, 9.17) is 4.74 Å². The molecule has 0 saturated carbocycles. The lowest BCUT2D eigenvalue weighted by Gasteiger charge is -2.40. The van der Waals surface area contributed by atoms with E-state index in [2.05, 4.69) is 24.5 Å². The molecule has 0 fully saturated rings. The summed E-state index contributed by atoms with van der Waals surface area (Å²) in [7, 11) is 0. The molecule has 7 heteroatoms. The fraction of sp³-hybridized carbons (Fsp3) is 0.571. The van der Waals surface area contributed by atoms with Crippen LogP contribution >= 0.6 is 0 Å². The van der Waals surface area contributed by atoms with Gasteiger partial charge in [0.05, 0.1) is 0 Å². The van der Waals surface area contributed by atoms with Crippen molar-refractivity contribution < 1.29 is 19.1 Å². The van der Waals surface area contributed by atoms with E-state index in [-0.39, 0.29) is 23.8 Å². The zero-order valence-corrected chi connectivity index (χ0v) is 27.6. The number of amides is 3. The minimum atomic E-state index is -0.907. The zero-order chi connectivity index (χ0) is 31.8. The van der Waals surface area contributed by atoms with Gasteiger partial charge in [-0.15, -0.1) is 0 Å². The molecule has 0 spiro atoms. The highest BCUT2D eigenvalue weighted by Crippen LogP contribution is 2.33. The van der Waals surface area contributed by atoms with Gasteiger partial charge in [-0.1, -0.05) is 64.1 Å². The number of para-hydroxylation sites is 1. The van der Waals surface area contributed by atoms with Crippen LogP contribution in [0, 0.1) is 32.6 Å². The van der Waals surface area contributed by atoms with Crippen molar-refractivity contribution in [2.75, 3.05) is 5.32 Å². The smallest absolute Gasteiger partial charge is 0.408 e. The lowest BCUT2D eigenvalue weighted by atomic mass is 9.91. The summed E-state index contributed by atoms with van der Waals surface area (Å²) in [6, 6.07) is 11.5. The molecule has 3 atom stereocenters. The average Bonchev–Trinajstić information content (AvgIpc) is 2.85. The highest BCUT2D eigenvalue weighted by molar-refractivity contribution is 6.00. The molecule has 2 aromatic rings. The molecule has 0 heterocycles. The van der Waals surface area contributed by atoms with Gasteiger partial charge in [0.2, 0.25) is 5.91 Å². The maximum Gasteiger partial charge on any atom is 0.408 e. The fourth-order valence-corrected chi connectivity index (χ4v) is 5.20. The van der Waals surface area contributed by atoms with Crippen molar-refractivity contribution in [1.82, 2.24) is 10.2 Å². The molecule has 0 saturated heterocycles. The Hall–Kier alpha value is -3.35. The van der Waals surface area contributed by atoms with Crippen molar-refractivity contribution >= 4 is 23.6 Å². The first kappa shape index (κ1) is 34.8. The summed E-state index contributed by atoms with van der Waals surface area (Å²) in [5.41, 5.74) is 3.57. The summed E-state index contributed by atoms with van der Waals surface area (Å²) in [5.74, 6) is -0.0400. The number of alkyl carbamates (subject to hydrolysis) is 1. The highest BCUT2D eigenvalue weighted by Gasteiger charge is 2.40. The van der Waals surface area contributed by atoms with Crippen molar-refractivity contribution in [3.63, 3.8) is 0 Å². The molecule has 0 aliphatic carbocycles. The normalized spacial score (nSPS) is 13.8. The van der Waals surface area contributed by atoms with Crippen LogP contribution in [-0.2, 0) is 14.3 Å². The Bertz CT molecular complexity index is 1190. The standard InChI is InChI=1S/C35H53N3O4/c1-22(2)19-20-27(8)38(33(40)29(21-23(3)4)37-34(41)42-35(9,10)11)31(30-25(6)16-14-17-26(30)7)32(39)36-28-18-13-12-15-24(28)5/h12-18,22-23,27,29,31H,19-21H2,1-11H3,(H,36,39)(H,37,41). The van der Waals surface area contributed by atoms with Gasteiger partial charge in [0.15, 0.2) is 0 Å². The summed E-state index contributed by atoms with van der Waals surface area (Å²) in [6.45, 7) is 21.6. The topological polar surface area (TPSA) is 87.7 Å². The number of carbonyl (C=O) groups excluding carboxylic acids is 3. The Morgan fingerprint density at radius 1 is 0.810 bits per heavy atom. The average molecular weight is 580 g/mol. The number of nitrogens with zero attached hydrogens (tertiary/aromatic N) is 1. The van der Waals surface area contributed by atoms with Crippen molar-refractivity contribution in [1.29, 1.82) is 0 Å². The summed E-state index contributed by atoms with van der Waals surface area (Å²) in [5, 5.41) is 5.98. The van der Waals surface area contributed by atoms with Crippen molar-refractivity contribution in [3.05, 3.63) is 64.7 Å². The number of benzene rings is 2. The maximum absolute atomic E-state index is 14.7. The predicted octanol–water partition coefficient (Wildman–Crippen LogP) is 7.88. The van der Waals surface area contributed by atoms with Crippen molar-refractivity contribution in [3.8, 4) is 0 Å². The Morgan fingerprint density at radius 3 is 1.90 bits per heavy atom. The Labute approximate surface area is 253 Å². The van der Waals surface area contributed by atoms with Gasteiger partial charge in [-0.05, 0) is 108 Å². The van der Waals surface area contributed by atoms with Crippen LogP contribution in [0.25, 0.3) is 0 Å². The van der Waals surface area contributed by atoms with Gasteiger partial charge in [0.25, 0.3) is 5.91 Å². The van der Waals surface area contributed by atoms with Crippen LogP contribution in [0.15, 0.2) is 42.5 Å². The quantitative estimate of drug-likeness (QED) is 0.268. The first-order chi connectivity index (χ1) is 19.5. The number of nitrogens with one attached hydrogen (secondary N) is 2. The lowest BCUT2D eigenvalue weighted by Crippen LogP contribution is -2.55. The van der Waals surface area contributed by atoms with Gasteiger partial charge in [-0.2, -0.15) is 0 Å². The Balaban J connectivity index is 2.71. The maximum atomic E-state index is 14.7. The van der Waals surface area contributed by atoms with Gasteiger partial charge in [-0.3, -0.25) is 9.59 Å². The first-order valence-corrected chi connectivity index (χ1v) is 15.3. The van der Waals surface area contributed by atoms with Crippen LogP contribution in [-0.4, -0.2) is 40.5 Å². The zero-order valence-electron chi connectivity index (χ0n) is 27.6. The molecule has 2 aromatic carbocycles. The summed E-state index contributed by atoms with van der Waals surface area (Å²) in [6.07, 6.45) is 1.36. The van der Waals surface area contributed by atoms with Crippen LogP contribution in [0.1, 0.15) is 103 Å². The summed E-state index contributed by atoms with van der Waals surface area (Å²) in [4.78, 5) is 43.8. The van der Waals surface area contributed by atoms with Gasteiger partial charge in [0, 0.05) is 11.7 Å². The first-order valence-electron chi connectivity index (χ1n) is 15.3. The molecule has 2 N–H and O–H groups in total.